The van der Waals surface area contributed by atoms with E-state index in [4.69, 9.17) is 0 Å². The van der Waals surface area contributed by atoms with Gasteiger partial charge in [0.1, 0.15) is 5.75 Å². The summed E-state index contributed by atoms with van der Waals surface area (Å²) in [5, 5.41) is 13.7. The molecule has 0 unspecified atom stereocenters. The molecule has 0 aliphatic heterocycles. The Balaban J connectivity index is 2.17. The molecule has 0 atom stereocenters. The van der Waals surface area contributed by atoms with E-state index in [-0.39, 0.29) is 5.75 Å². The minimum Gasteiger partial charge on any atom is -0.506 e. The average molecular weight is 557 g/mol. The highest BCUT2D eigenvalue weighted by Crippen LogP contribution is 2.38. The first kappa shape index (κ1) is 17.6. The lowest BCUT2D eigenvalue weighted by Crippen LogP contribution is -2.17. The second-order valence-electron chi connectivity index (χ2n) is 4.01. The molecule has 1 aromatic heterocycles. The van der Waals surface area contributed by atoms with E-state index < -0.39 is 5.91 Å². The van der Waals surface area contributed by atoms with Crippen molar-refractivity contribution in [2.24, 2.45) is 5.10 Å². The van der Waals surface area contributed by atoms with Crippen LogP contribution in [0.4, 0.5) is 0 Å². The molecular weight excluding hydrogens is 550 g/mol. The van der Waals surface area contributed by atoms with E-state index in [1.54, 1.807) is 18.3 Å². The molecule has 1 aromatic carbocycles. The number of aromatic nitrogens is 1. The number of phenolic OH excluding ortho intramolecular Hbond substituents is 1. The number of benzene rings is 1. The number of hydrogen-bond acceptors (Lipinski definition) is 4. The van der Waals surface area contributed by atoms with Gasteiger partial charge in [0.2, 0.25) is 0 Å². The average Bonchev–Trinajstić information content (AvgIpc) is 2.48. The number of rotatable bonds is 3. The summed E-state index contributed by atoms with van der Waals surface area (Å²) in [6.07, 6.45) is 4.44. The van der Waals surface area contributed by atoms with Crippen LogP contribution in [0.15, 0.2) is 47.5 Å². The maximum atomic E-state index is 11.9. The van der Waals surface area contributed by atoms with Crippen molar-refractivity contribution < 1.29 is 9.90 Å². The number of amides is 1. The summed E-state index contributed by atoms with van der Waals surface area (Å²) >= 11 is 13.1. The number of nitrogens with zero attached hydrogens (tertiary/aromatic N) is 2. The molecule has 2 rings (SSSR count). The predicted octanol–water partition coefficient (Wildman–Crippen LogP) is 4.60. The SMILES string of the molecule is O=C(NN=Cc1c(Br)cc(Br)c(O)c1Br)c1cncc(Br)c1. The van der Waals surface area contributed by atoms with Crippen molar-refractivity contribution in [3.8, 4) is 5.75 Å². The molecule has 1 amide bonds. The van der Waals surface area contributed by atoms with Gasteiger partial charge in [0, 0.05) is 26.9 Å². The number of carbonyl (C=O) groups is 1. The first-order chi connectivity index (χ1) is 10.4. The third-order valence-electron chi connectivity index (χ3n) is 2.51. The Bertz CT molecular complexity index is 765. The molecule has 0 spiro atoms. The van der Waals surface area contributed by atoms with Crippen LogP contribution in [0.2, 0.25) is 0 Å². The smallest absolute Gasteiger partial charge is 0.272 e. The zero-order chi connectivity index (χ0) is 16.3. The van der Waals surface area contributed by atoms with Crippen LogP contribution >= 0.6 is 63.7 Å². The molecule has 5 nitrogen and oxygen atoms in total. The van der Waals surface area contributed by atoms with Crippen LogP contribution in [0, 0.1) is 0 Å². The Morgan fingerprint density at radius 3 is 2.59 bits per heavy atom. The third-order valence-corrected chi connectivity index (χ3v) is 5.01. The molecule has 2 N–H and O–H groups in total. The molecule has 0 radical (unpaired) electrons. The van der Waals surface area contributed by atoms with Crippen molar-refractivity contribution in [3.05, 3.63) is 53.5 Å². The van der Waals surface area contributed by atoms with E-state index in [1.807, 2.05) is 0 Å². The van der Waals surface area contributed by atoms with Gasteiger partial charge in [-0.25, -0.2) is 5.43 Å². The lowest BCUT2D eigenvalue weighted by atomic mass is 10.2. The Morgan fingerprint density at radius 1 is 1.18 bits per heavy atom. The maximum absolute atomic E-state index is 11.9. The summed E-state index contributed by atoms with van der Waals surface area (Å²) < 4.78 is 2.39. The molecule has 0 aliphatic rings. The summed E-state index contributed by atoms with van der Waals surface area (Å²) in [4.78, 5) is 15.8. The zero-order valence-corrected chi connectivity index (χ0v) is 17.0. The number of carbonyl (C=O) groups excluding carboxylic acids is 1. The van der Waals surface area contributed by atoms with Crippen LogP contribution in [-0.2, 0) is 0 Å². The van der Waals surface area contributed by atoms with Gasteiger partial charge < -0.3 is 5.11 Å². The van der Waals surface area contributed by atoms with Gasteiger partial charge in [0.15, 0.2) is 0 Å². The van der Waals surface area contributed by atoms with E-state index in [2.05, 4.69) is 79.2 Å². The van der Waals surface area contributed by atoms with E-state index in [9.17, 15) is 9.90 Å². The number of pyridine rings is 1. The van der Waals surface area contributed by atoms with Crippen LogP contribution in [0.5, 0.6) is 5.75 Å². The number of hydrogen-bond donors (Lipinski definition) is 2. The van der Waals surface area contributed by atoms with Gasteiger partial charge in [-0.15, -0.1) is 0 Å². The van der Waals surface area contributed by atoms with Gasteiger partial charge in [-0.2, -0.15) is 5.10 Å². The maximum Gasteiger partial charge on any atom is 0.272 e. The number of hydrazone groups is 1. The highest BCUT2D eigenvalue weighted by Gasteiger charge is 2.12. The van der Waals surface area contributed by atoms with E-state index in [0.717, 1.165) is 0 Å². The third kappa shape index (κ3) is 4.15. The van der Waals surface area contributed by atoms with Crippen LogP contribution in [0.1, 0.15) is 15.9 Å². The minimum absolute atomic E-state index is 0.0483. The number of halogens is 4. The lowest BCUT2D eigenvalue weighted by Gasteiger charge is -2.06. The quantitative estimate of drug-likeness (QED) is 0.429. The van der Waals surface area contributed by atoms with E-state index >= 15 is 0 Å². The topological polar surface area (TPSA) is 74.6 Å². The zero-order valence-electron chi connectivity index (χ0n) is 10.6. The van der Waals surface area contributed by atoms with Crippen LogP contribution in [0.3, 0.4) is 0 Å². The molecule has 9 heteroatoms. The molecular formula is C13H7Br4N3O2. The summed E-state index contributed by atoms with van der Waals surface area (Å²) in [6, 6.07) is 3.32. The number of nitrogens with one attached hydrogen (secondary N) is 1. The fourth-order valence-corrected chi connectivity index (χ4v) is 4.16. The summed E-state index contributed by atoms with van der Waals surface area (Å²) in [5.74, 6) is -0.342. The van der Waals surface area contributed by atoms with Gasteiger partial charge in [-0.1, -0.05) is 15.9 Å². The van der Waals surface area contributed by atoms with Crippen LogP contribution in [-0.4, -0.2) is 22.2 Å². The molecule has 22 heavy (non-hydrogen) atoms. The summed E-state index contributed by atoms with van der Waals surface area (Å²) in [5.41, 5.74) is 3.37. The Labute approximate surface area is 159 Å². The highest BCUT2D eigenvalue weighted by molar-refractivity contribution is 9.11. The Hall–Kier alpha value is -0.770. The van der Waals surface area contributed by atoms with Crippen LogP contribution in [0.25, 0.3) is 0 Å². The van der Waals surface area contributed by atoms with E-state index in [1.165, 1.54) is 12.4 Å². The predicted molar refractivity (Wildman–Crippen MR) is 98.2 cm³/mol. The van der Waals surface area contributed by atoms with Gasteiger partial charge in [0.05, 0.1) is 20.7 Å². The number of phenols is 1. The molecule has 0 fully saturated rings. The van der Waals surface area contributed by atoms with E-state index in [0.29, 0.717) is 29.0 Å². The standard InChI is InChI=1S/C13H7Br4N3O2/c14-7-1-6(3-18-4-7)13(22)20-19-5-8-9(15)2-10(16)12(21)11(8)17/h1-5,21H,(H,20,22). The van der Waals surface area contributed by atoms with Gasteiger partial charge in [-0.3, -0.25) is 9.78 Å². The van der Waals surface area contributed by atoms with Crippen molar-refractivity contribution in [2.75, 3.05) is 0 Å². The van der Waals surface area contributed by atoms with Gasteiger partial charge >= 0.3 is 0 Å². The largest absolute Gasteiger partial charge is 0.506 e. The first-order valence-electron chi connectivity index (χ1n) is 5.70. The molecule has 0 aliphatic carbocycles. The van der Waals surface area contributed by atoms with Crippen LogP contribution < -0.4 is 5.43 Å². The fraction of sp³-hybridized carbons (Fsp3) is 0. The second-order valence-corrected chi connectivity index (χ2v) is 7.42. The second kappa shape index (κ2) is 7.67. The monoisotopic (exact) mass is 553 g/mol. The molecule has 0 saturated carbocycles. The lowest BCUT2D eigenvalue weighted by molar-refractivity contribution is 0.0954. The Morgan fingerprint density at radius 2 is 1.91 bits per heavy atom. The molecule has 114 valence electrons. The van der Waals surface area contributed by atoms with Crippen molar-refractivity contribution >= 4 is 75.8 Å². The van der Waals surface area contributed by atoms with Crippen molar-refractivity contribution in [1.82, 2.24) is 10.4 Å². The molecule has 0 saturated heterocycles. The molecule has 1 heterocycles. The molecule has 2 aromatic rings. The molecule has 0 bridgehead atoms. The van der Waals surface area contributed by atoms with Gasteiger partial charge in [0.25, 0.3) is 5.91 Å². The highest BCUT2D eigenvalue weighted by atomic mass is 79.9. The van der Waals surface area contributed by atoms with Gasteiger partial charge in [-0.05, 0) is 59.9 Å². The van der Waals surface area contributed by atoms with Crippen molar-refractivity contribution in [1.29, 1.82) is 0 Å². The van der Waals surface area contributed by atoms with Crippen molar-refractivity contribution in [2.45, 2.75) is 0 Å². The first-order valence-corrected chi connectivity index (χ1v) is 8.87. The normalized spacial score (nSPS) is 10.9. The fourth-order valence-electron chi connectivity index (χ4n) is 1.47. The number of aromatic hydroxyl groups is 1. The summed E-state index contributed by atoms with van der Waals surface area (Å²) in [7, 11) is 0. The Kier molecular flexibility index (Phi) is 6.13. The minimum atomic E-state index is -0.390. The summed E-state index contributed by atoms with van der Waals surface area (Å²) in [6.45, 7) is 0. The van der Waals surface area contributed by atoms with Crippen molar-refractivity contribution in [3.63, 3.8) is 0 Å².